The molecule has 0 aromatic heterocycles. The molecule has 0 saturated carbocycles. The highest BCUT2D eigenvalue weighted by Gasteiger charge is 2.48. The van der Waals surface area contributed by atoms with Crippen LogP contribution in [0.5, 0.6) is 0 Å². The number of hydrogen-bond donors (Lipinski definition) is 1. The molecule has 2 heterocycles. The van der Waals surface area contributed by atoms with Crippen molar-refractivity contribution in [2.75, 3.05) is 0 Å². The number of fused-ring (bicyclic) bond motifs is 2. The van der Waals surface area contributed by atoms with Crippen LogP contribution in [0.3, 0.4) is 0 Å². The van der Waals surface area contributed by atoms with Gasteiger partial charge in [0.05, 0.1) is 5.60 Å². The fourth-order valence-corrected chi connectivity index (χ4v) is 5.41. The summed E-state index contributed by atoms with van der Waals surface area (Å²) < 4.78 is 25.3. The van der Waals surface area contributed by atoms with Gasteiger partial charge in [0.25, 0.3) is 0 Å². The van der Waals surface area contributed by atoms with Gasteiger partial charge in [0.2, 0.25) is 0 Å². The molecule has 2 bridgehead atoms. The third-order valence-electron chi connectivity index (χ3n) is 4.29. The van der Waals surface area contributed by atoms with Crippen LogP contribution in [0.1, 0.15) is 36.8 Å². The lowest BCUT2D eigenvalue weighted by Crippen LogP contribution is -2.40. The highest BCUT2D eigenvalue weighted by molar-refractivity contribution is 7.86. The maximum Gasteiger partial charge on any atom is 0.126 e. The second kappa shape index (κ2) is 4.14. The van der Waals surface area contributed by atoms with Crippen LogP contribution in [0.4, 0.5) is 4.39 Å². The molecule has 0 radical (unpaired) electrons. The molecule has 0 spiro atoms. The zero-order valence-electron chi connectivity index (χ0n) is 10.4. The third-order valence-corrected chi connectivity index (χ3v) is 6.41. The monoisotopic (exact) mass is 268 g/mol. The van der Waals surface area contributed by atoms with Gasteiger partial charge in [-0.1, -0.05) is 12.1 Å². The van der Waals surface area contributed by atoms with Crippen molar-refractivity contribution in [3.8, 4) is 0 Å². The van der Waals surface area contributed by atoms with Crippen molar-refractivity contribution in [1.82, 2.24) is 0 Å². The maximum atomic E-state index is 13.3. The maximum absolute atomic E-state index is 13.3. The molecule has 0 aliphatic carbocycles. The molecule has 2 saturated heterocycles. The quantitative estimate of drug-likeness (QED) is 0.849. The van der Waals surface area contributed by atoms with Gasteiger partial charge < -0.3 is 5.11 Å². The molecular formula is C14H17FO2S. The van der Waals surface area contributed by atoms with E-state index in [0.29, 0.717) is 18.4 Å². The van der Waals surface area contributed by atoms with Gasteiger partial charge in [-0.25, -0.2) is 4.39 Å². The molecule has 2 aliphatic rings. The van der Waals surface area contributed by atoms with Crippen LogP contribution in [0, 0.1) is 12.7 Å². The SMILES string of the molecule is Cc1cc(C2(O)CC3CCC(C2)S3=O)ccc1F. The van der Waals surface area contributed by atoms with Crippen LogP contribution in [-0.2, 0) is 16.4 Å². The number of aryl methyl sites for hydroxylation is 1. The minimum atomic E-state index is -0.918. The van der Waals surface area contributed by atoms with Crippen LogP contribution in [-0.4, -0.2) is 19.8 Å². The molecule has 3 rings (SSSR count). The Morgan fingerprint density at radius 3 is 2.50 bits per heavy atom. The first kappa shape index (κ1) is 12.3. The van der Waals surface area contributed by atoms with Gasteiger partial charge in [-0.15, -0.1) is 0 Å². The number of rotatable bonds is 1. The van der Waals surface area contributed by atoms with Crippen molar-refractivity contribution in [2.45, 2.75) is 48.7 Å². The van der Waals surface area contributed by atoms with Crippen molar-refractivity contribution < 1.29 is 13.7 Å². The first-order valence-electron chi connectivity index (χ1n) is 6.38. The first-order valence-corrected chi connectivity index (χ1v) is 7.65. The van der Waals surface area contributed by atoms with Crippen molar-refractivity contribution in [3.05, 3.63) is 35.1 Å². The number of hydrogen-bond acceptors (Lipinski definition) is 2. The Hall–Kier alpha value is -0.740. The number of aliphatic hydroxyl groups is 1. The van der Waals surface area contributed by atoms with Crippen molar-refractivity contribution in [1.29, 1.82) is 0 Å². The second-order valence-corrected chi connectivity index (χ2v) is 7.54. The van der Waals surface area contributed by atoms with Gasteiger partial charge >= 0.3 is 0 Å². The minimum absolute atomic E-state index is 0.110. The summed E-state index contributed by atoms with van der Waals surface area (Å²) in [4.78, 5) is 0. The summed E-state index contributed by atoms with van der Waals surface area (Å²) in [5, 5.41) is 11.0. The van der Waals surface area contributed by atoms with E-state index in [1.165, 1.54) is 6.07 Å². The predicted octanol–water partition coefficient (Wildman–Crippen LogP) is 2.40. The van der Waals surface area contributed by atoms with E-state index in [1.54, 1.807) is 19.1 Å². The molecule has 2 unspecified atom stereocenters. The second-order valence-electron chi connectivity index (χ2n) is 5.55. The largest absolute Gasteiger partial charge is 0.385 e. The first-order chi connectivity index (χ1) is 8.49. The Labute approximate surface area is 109 Å². The van der Waals surface area contributed by atoms with E-state index in [2.05, 4.69) is 0 Å². The van der Waals surface area contributed by atoms with Crippen LogP contribution in [0.25, 0.3) is 0 Å². The molecule has 2 nitrogen and oxygen atoms in total. The Morgan fingerprint density at radius 2 is 1.94 bits per heavy atom. The van der Waals surface area contributed by atoms with Crippen molar-refractivity contribution in [3.63, 3.8) is 0 Å². The summed E-state index contributed by atoms with van der Waals surface area (Å²) in [5.41, 5.74) is 0.410. The molecular weight excluding hydrogens is 251 g/mol. The van der Waals surface area contributed by atoms with Gasteiger partial charge in [0, 0.05) is 21.3 Å². The van der Waals surface area contributed by atoms with Gasteiger partial charge in [0.15, 0.2) is 0 Å². The van der Waals surface area contributed by atoms with Gasteiger partial charge in [-0.2, -0.15) is 0 Å². The van der Waals surface area contributed by atoms with Crippen LogP contribution < -0.4 is 0 Å². The Bertz CT molecular complexity index is 499. The number of benzene rings is 1. The standard InChI is InChI=1S/C14H17FO2S/c1-9-6-10(2-5-13(9)15)14(16)7-11-3-4-12(8-14)18(11)17/h2,5-6,11-12,16H,3-4,7-8H2,1H3. The van der Waals surface area contributed by atoms with Gasteiger partial charge in [0.1, 0.15) is 5.82 Å². The smallest absolute Gasteiger partial charge is 0.126 e. The third kappa shape index (κ3) is 1.82. The van der Waals surface area contributed by atoms with Crippen molar-refractivity contribution >= 4 is 10.8 Å². The molecule has 1 N–H and O–H groups in total. The van der Waals surface area contributed by atoms with E-state index < -0.39 is 16.4 Å². The fourth-order valence-electron chi connectivity index (χ4n) is 3.25. The van der Waals surface area contributed by atoms with E-state index in [0.717, 1.165) is 18.4 Å². The van der Waals surface area contributed by atoms with E-state index >= 15 is 0 Å². The van der Waals surface area contributed by atoms with Gasteiger partial charge in [-0.3, -0.25) is 4.21 Å². The zero-order valence-corrected chi connectivity index (χ0v) is 11.2. The summed E-state index contributed by atoms with van der Waals surface area (Å²) in [5.74, 6) is -0.246. The Kier molecular flexibility index (Phi) is 2.83. The minimum Gasteiger partial charge on any atom is -0.385 e. The fraction of sp³-hybridized carbons (Fsp3) is 0.571. The number of halogens is 1. The predicted molar refractivity (Wildman–Crippen MR) is 69.2 cm³/mol. The average Bonchev–Trinajstić information content (AvgIpc) is 2.57. The lowest BCUT2D eigenvalue weighted by atomic mass is 9.85. The topological polar surface area (TPSA) is 37.3 Å². The summed E-state index contributed by atoms with van der Waals surface area (Å²) in [6, 6.07) is 4.80. The van der Waals surface area contributed by atoms with Crippen LogP contribution in [0.15, 0.2) is 18.2 Å². The average molecular weight is 268 g/mol. The lowest BCUT2D eigenvalue weighted by Gasteiger charge is -2.36. The Balaban J connectivity index is 1.96. The normalized spacial score (nSPS) is 38.9. The molecule has 1 aromatic carbocycles. The molecule has 4 heteroatoms. The highest BCUT2D eigenvalue weighted by Crippen LogP contribution is 2.45. The summed E-state index contributed by atoms with van der Waals surface area (Å²) in [7, 11) is -0.783. The molecule has 2 aliphatic heterocycles. The molecule has 2 fully saturated rings. The van der Waals surface area contributed by atoms with Crippen LogP contribution in [0.2, 0.25) is 0 Å². The summed E-state index contributed by atoms with van der Waals surface area (Å²) in [6.07, 6.45) is 2.97. The van der Waals surface area contributed by atoms with E-state index in [4.69, 9.17) is 0 Å². The molecule has 1 aromatic rings. The lowest BCUT2D eigenvalue weighted by molar-refractivity contribution is 0.0183. The van der Waals surface area contributed by atoms with E-state index in [1.807, 2.05) is 0 Å². The molecule has 98 valence electrons. The van der Waals surface area contributed by atoms with E-state index in [9.17, 15) is 13.7 Å². The Morgan fingerprint density at radius 1 is 1.33 bits per heavy atom. The van der Waals surface area contributed by atoms with E-state index in [-0.39, 0.29) is 16.3 Å². The van der Waals surface area contributed by atoms with Crippen LogP contribution >= 0.6 is 0 Å². The molecule has 2 atom stereocenters. The highest BCUT2D eigenvalue weighted by atomic mass is 32.2. The molecule has 0 amide bonds. The van der Waals surface area contributed by atoms with Gasteiger partial charge in [-0.05, 0) is 49.8 Å². The van der Waals surface area contributed by atoms with Crippen molar-refractivity contribution in [2.24, 2.45) is 0 Å². The zero-order chi connectivity index (χ0) is 12.9. The summed E-state index contributed by atoms with van der Waals surface area (Å²) >= 11 is 0. The molecule has 18 heavy (non-hydrogen) atoms. The summed E-state index contributed by atoms with van der Waals surface area (Å²) in [6.45, 7) is 1.71.